The highest BCUT2D eigenvalue weighted by Gasteiger charge is 2.15. The van der Waals surface area contributed by atoms with Crippen molar-refractivity contribution >= 4 is 5.69 Å². The Labute approximate surface area is 127 Å². The van der Waals surface area contributed by atoms with E-state index in [9.17, 15) is 0 Å². The summed E-state index contributed by atoms with van der Waals surface area (Å²) in [5, 5.41) is 0. The summed E-state index contributed by atoms with van der Waals surface area (Å²) in [6.45, 7) is 4.95. The minimum absolute atomic E-state index is 0.619. The molecular weight excluding hydrogens is 256 g/mol. The molecule has 2 N–H and O–H groups in total. The molecule has 0 aliphatic carbocycles. The Morgan fingerprint density at radius 2 is 1.95 bits per heavy atom. The van der Waals surface area contributed by atoms with Gasteiger partial charge in [0, 0.05) is 25.3 Å². The molecule has 2 nitrogen and oxygen atoms in total. The molecule has 0 saturated heterocycles. The van der Waals surface area contributed by atoms with Gasteiger partial charge >= 0.3 is 0 Å². The maximum atomic E-state index is 5.73. The molecule has 0 saturated carbocycles. The molecule has 0 atom stereocenters. The van der Waals surface area contributed by atoms with Crippen LogP contribution in [0.1, 0.15) is 35.1 Å². The van der Waals surface area contributed by atoms with Crippen molar-refractivity contribution in [2.24, 2.45) is 5.73 Å². The van der Waals surface area contributed by atoms with Crippen LogP contribution in [0.25, 0.3) is 0 Å². The van der Waals surface area contributed by atoms with Gasteiger partial charge in [-0.2, -0.15) is 0 Å². The van der Waals surface area contributed by atoms with Crippen molar-refractivity contribution in [1.82, 2.24) is 0 Å². The molecule has 21 heavy (non-hydrogen) atoms. The highest BCUT2D eigenvalue weighted by Crippen LogP contribution is 2.28. The molecule has 0 radical (unpaired) electrons. The highest BCUT2D eigenvalue weighted by atomic mass is 15.1. The Morgan fingerprint density at radius 3 is 2.76 bits per heavy atom. The first-order valence-electron chi connectivity index (χ1n) is 7.89. The average molecular weight is 280 g/mol. The number of anilines is 1. The van der Waals surface area contributed by atoms with Gasteiger partial charge in [0.2, 0.25) is 0 Å². The van der Waals surface area contributed by atoms with E-state index in [1.54, 1.807) is 0 Å². The molecule has 0 amide bonds. The zero-order valence-corrected chi connectivity index (χ0v) is 12.8. The van der Waals surface area contributed by atoms with Crippen LogP contribution in [0.5, 0.6) is 0 Å². The molecule has 2 aromatic carbocycles. The molecule has 110 valence electrons. The third-order valence-corrected chi connectivity index (χ3v) is 4.46. The molecule has 1 aliphatic rings. The van der Waals surface area contributed by atoms with Gasteiger partial charge in [0.25, 0.3) is 0 Å². The molecule has 2 aromatic rings. The SMILES string of the molecule is Cc1cc(CN)ccc1CN1CCCCc2ccccc21. The van der Waals surface area contributed by atoms with E-state index in [0.717, 1.165) is 13.1 Å². The molecule has 3 rings (SSSR count). The molecule has 0 aromatic heterocycles. The molecule has 2 heteroatoms. The Morgan fingerprint density at radius 1 is 1.10 bits per heavy atom. The topological polar surface area (TPSA) is 29.3 Å². The third kappa shape index (κ3) is 3.11. The zero-order chi connectivity index (χ0) is 14.7. The number of nitrogens with two attached hydrogens (primary N) is 1. The first-order chi connectivity index (χ1) is 10.3. The maximum absolute atomic E-state index is 5.73. The van der Waals surface area contributed by atoms with Crippen LogP contribution < -0.4 is 10.6 Å². The predicted molar refractivity (Wildman–Crippen MR) is 89.5 cm³/mol. The number of aryl methyl sites for hydroxylation is 2. The monoisotopic (exact) mass is 280 g/mol. The normalized spacial score (nSPS) is 14.7. The smallest absolute Gasteiger partial charge is 0.0432 e. The Kier molecular flexibility index (Phi) is 4.26. The van der Waals surface area contributed by atoms with Crippen molar-refractivity contribution in [2.75, 3.05) is 11.4 Å². The number of hydrogen-bond donors (Lipinski definition) is 1. The number of hydrogen-bond acceptors (Lipinski definition) is 2. The fourth-order valence-electron chi connectivity index (χ4n) is 3.20. The van der Waals surface area contributed by atoms with Crippen LogP contribution in [0.4, 0.5) is 5.69 Å². The standard InChI is InChI=1S/C19H24N2/c1-15-12-16(13-20)9-10-18(15)14-21-11-5-4-7-17-6-2-3-8-19(17)21/h2-3,6,8-10,12H,4-5,7,11,13-14,20H2,1H3. The van der Waals surface area contributed by atoms with Crippen molar-refractivity contribution in [3.8, 4) is 0 Å². The zero-order valence-electron chi connectivity index (χ0n) is 12.8. The van der Waals surface area contributed by atoms with E-state index in [1.807, 2.05) is 0 Å². The maximum Gasteiger partial charge on any atom is 0.0432 e. The quantitative estimate of drug-likeness (QED) is 0.926. The summed E-state index contributed by atoms with van der Waals surface area (Å²) in [5.41, 5.74) is 12.6. The van der Waals surface area contributed by atoms with Crippen LogP contribution in [0.3, 0.4) is 0 Å². The molecule has 0 bridgehead atoms. The molecular formula is C19H24N2. The lowest BCUT2D eigenvalue weighted by atomic mass is 10.0. The van der Waals surface area contributed by atoms with Crippen molar-refractivity contribution in [1.29, 1.82) is 0 Å². The van der Waals surface area contributed by atoms with Crippen molar-refractivity contribution in [2.45, 2.75) is 39.3 Å². The minimum Gasteiger partial charge on any atom is -0.367 e. The molecule has 0 fully saturated rings. The summed E-state index contributed by atoms with van der Waals surface area (Å²) < 4.78 is 0. The highest BCUT2D eigenvalue weighted by molar-refractivity contribution is 5.55. The number of nitrogens with zero attached hydrogens (tertiary/aromatic N) is 1. The van der Waals surface area contributed by atoms with Crippen molar-refractivity contribution in [3.05, 3.63) is 64.7 Å². The van der Waals surface area contributed by atoms with Gasteiger partial charge in [0.05, 0.1) is 0 Å². The number of rotatable bonds is 3. The number of fused-ring (bicyclic) bond motifs is 1. The van der Waals surface area contributed by atoms with E-state index in [1.165, 1.54) is 47.2 Å². The lowest BCUT2D eigenvalue weighted by Crippen LogP contribution is -2.24. The van der Waals surface area contributed by atoms with Gasteiger partial charge in [-0.1, -0.05) is 36.4 Å². The van der Waals surface area contributed by atoms with Crippen molar-refractivity contribution in [3.63, 3.8) is 0 Å². The van der Waals surface area contributed by atoms with Gasteiger partial charge < -0.3 is 10.6 Å². The molecule has 0 unspecified atom stereocenters. The summed E-state index contributed by atoms with van der Waals surface area (Å²) in [5.74, 6) is 0. The van der Waals surface area contributed by atoms with E-state index in [-0.39, 0.29) is 0 Å². The van der Waals surface area contributed by atoms with Gasteiger partial charge in [0.1, 0.15) is 0 Å². The van der Waals surface area contributed by atoms with Crippen LogP contribution in [0.2, 0.25) is 0 Å². The summed E-state index contributed by atoms with van der Waals surface area (Å²) in [6.07, 6.45) is 3.77. The van der Waals surface area contributed by atoms with Crippen LogP contribution in [0.15, 0.2) is 42.5 Å². The van der Waals surface area contributed by atoms with Crippen molar-refractivity contribution < 1.29 is 0 Å². The summed E-state index contributed by atoms with van der Waals surface area (Å²) >= 11 is 0. The Hall–Kier alpha value is -1.80. The second-order valence-corrected chi connectivity index (χ2v) is 5.97. The van der Waals surface area contributed by atoms with E-state index in [2.05, 4.69) is 54.3 Å². The Balaban J connectivity index is 1.87. The second kappa shape index (κ2) is 6.31. The van der Waals surface area contributed by atoms with Gasteiger partial charge in [0.15, 0.2) is 0 Å². The summed E-state index contributed by atoms with van der Waals surface area (Å²) in [4.78, 5) is 2.53. The largest absolute Gasteiger partial charge is 0.367 e. The molecule has 1 heterocycles. The van der Waals surface area contributed by atoms with Crippen LogP contribution >= 0.6 is 0 Å². The molecule has 0 spiro atoms. The lowest BCUT2D eigenvalue weighted by Gasteiger charge is -2.26. The van der Waals surface area contributed by atoms with Gasteiger partial charge in [-0.25, -0.2) is 0 Å². The van der Waals surface area contributed by atoms with Crippen LogP contribution in [-0.2, 0) is 19.5 Å². The van der Waals surface area contributed by atoms with Gasteiger partial charge in [-0.15, -0.1) is 0 Å². The average Bonchev–Trinajstić information content (AvgIpc) is 2.72. The predicted octanol–water partition coefficient (Wildman–Crippen LogP) is 3.80. The van der Waals surface area contributed by atoms with Crippen LogP contribution in [-0.4, -0.2) is 6.54 Å². The first-order valence-corrected chi connectivity index (χ1v) is 7.89. The third-order valence-electron chi connectivity index (χ3n) is 4.46. The van der Waals surface area contributed by atoms with Gasteiger partial charge in [-0.05, 0) is 54.5 Å². The fraction of sp³-hybridized carbons (Fsp3) is 0.368. The van der Waals surface area contributed by atoms with Gasteiger partial charge in [-0.3, -0.25) is 0 Å². The molecule has 1 aliphatic heterocycles. The fourth-order valence-corrected chi connectivity index (χ4v) is 3.20. The van der Waals surface area contributed by atoms with E-state index >= 15 is 0 Å². The Bertz CT molecular complexity index is 619. The van der Waals surface area contributed by atoms with E-state index in [4.69, 9.17) is 5.73 Å². The van der Waals surface area contributed by atoms with E-state index in [0.29, 0.717) is 6.54 Å². The summed E-state index contributed by atoms with van der Waals surface area (Å²) in [6, 6.07) is 15.5. The number of benzene rings is 2. The summed E-state index contributed by atoms with van der Waals surface area (Å²) in [7, 11) is 0. The lowest BCUT2D eigenvalue weighted by molar-refractivity contribution is 0.713. The second-order valence-electron chi connectivity index (χ2n) is 5.97. The minimum atomic E-state index is 0.619. The first kappa shape index (κ1) is 14.2. The van der Waals surface area contributed by atoms with E-state index < -0.39 is 0 Å². The number of para-hydroxylation sites is 1. The van der Waals surface area contributed by atoms with Crippen LogP contribution in [0, 0.1) is 6.92 Å².